The minimum Gasteiger partial charge on any atom is -0.507 e. The number of anilines is 1. The number of ketones is 1. The van der Waals surface area contributed by atoms with Crippen molar-refractivity contribution in [1.29, 1.82) is 0 Å². The summed E-state index contributed by atoms with van der Waals surface area (Å²) in [6.07, 6.45) is 0. The number of methoxy groups -OCH3 is 1. The second-order valence-corrected chi connectivity index (χ2v) is 8.11. The molecule has 6 nitrogen and oxygen atoms in total. The maximum Gasteiger partial charge on any atom is 0.300 e. The lowest BCUT2D eigenvalue weighted by molar-refractivity contribution is -0.132. The normalized spacial score (nSPS) is 17.9. The number of furan rings is 1. The van der Waals surface area contributed by atoms with Crippen LogP contribution in [-0.4, -0.2) is 23.9 Å². The van der Waals surface area contributed by atoms with Crippen LogP contribution in [0.3, 0.4) is 0 Å². The molecule has 1 aliphatic heterocycles. The Morgan fingerprint density at radius 2 is 1.84 bits per heavy atom. The molecule has 1 N–H and O–H groups in total. The van der Waals surface area contributed by atoms with Crippen molar-refractivity contribution in [3.63, 3.8) is 0 Å². The van der Waals surface area contributed by atoms with E-state index < -0.39 is 17.7 Å². The first-order valence-electron chi connectivity index (χ1n) is 9.60. The van der Waals surface area contributed by atoms with Gasteiger partial charge in [0.05, 0.1) is 18.4 Å². The van der Waals surface area contributed by atoms with Crippen LogP contribution < -0.4 is 9.64 Å². The summed E-state index contributed by atoms with van der Waals surface area (Å²) < 4.78 is 12.1. The minimum atomic E-state index is -0.936. The van der Waals surface area contributed by atoms with Crippen molar-refractivity contribution in [2.75, 3.05) is 12.0 Å². The minimum absolute atomic E-state index is 0.0352. The third-order valence-corrected chi connectivity index (χ3v) is 6.14. The molecule has 3 aromatic rings. The molecule has 7 heteroatoms. The Labute approximate surface area is 187 Å². The molecule has 0 bridgehead atoms. The van der Waals surface area contributed by atoms with E-state index in [0.29, 0.717) is 28.5 Å². The average molecular weight is 482 g/mol. The van der Waals surface area contributed by atoms with Gasteiger partial charge in [-0.2, -0.15) is 0 Å². The number of nitrogens with zero attached hydrogens (tertiary/aromatic N) is 1. The smallest absolute Gasteiger partial charge is 0.300 e. The number of aliphatic hydroxyl groups excluding tert-OH is 1. The lowest BCUT2D eigenvalue weighted by atomic mass is 9.98. The zero-order chi connectivity index (χ0) is 22.3. The van der Waals surface area contributed by atoms with Crippen LogP contribution in [0.25, 0.3) is 5.76 Å². The zero-order valence-electron chi connectivity index (χ0n) is 17.2. The first-order valence-corrected chi connectivity index (χ1v) is 10.4. The van der Waals surface area contributed by atoms with Gasteiger partial charge < -0.3 is 14.3 Å². The Kier molecular flexibility index (Phi) is 5.45. The number of ether oxygens (including phenoxy) is 1. The number of aryl methyl sites for hydroxylation is 2. The second-order valence-electron chi connectivity index (χ2n) is 7.25. The van der Waals surface area contributed by atoms with Crippen LogP contribution in [-0.2, 0) is 9.59 Å². The summed E-state index contributed by atoms with van der Waals surface area (Å²) >= 11 is 3.43. The van der Waals surface area contributed by atoms with Crippen molar-refractivity contribution in [2.45, 2.75) is 19.9 Å². The molecule has 1 aliphatic rings. The highest BCUT2D eigenvalue weighted by Crippen LogP contribution is 2.45. The average Bonchev–Trinajstić information content (AvgIpc) is 3.30. The molecule has 158 valence electrons. The standard InChI is InChI=1S/C24H20BrNO5/c1-13-12-15(9-10-16(13)25)22(27)20-21(19-11-8-14(2)31-19)26(24(29)23(20)28)17-6-4-5-7-18(17)30-3/h4-12,21,27H,1-3H3/b22-20-. The van der Waals surface area contributed by atoms with Gasteiger partial charge in [-0.1, -0.05) is 34.1 Å². The molecule has 2 heterocycles. The predicted molar refractivity (Wildman–Crippen MR) is 120 cm³/mol. The van der Waals surface area contributed by atoms with Gasteiger partial charge in [0.15, 0.2) is 0 Å². The van der Waals surface area contributed by atoms with Gasteiger partial charge in [0.1, 0.15) is 29.1 Å². The molecule has 0 saturated carbocycles. The SMILES string of the molecule is COc1ccccc1N1C(=O)C(=O)/C(=C(\O)c2ccc(Br)c(C)c2)C1c1ccc(C)o1. The van der Waals surface area contributed by atoms with E-state index in [-0.39, 0.29) is 11.3 Å². The van der Waals surface area contributed by atoms with Gasteiger partial charge in [-0.15, -0.1) is 0 Å². The maximum atomic E-state index is 13.2. The van der Waals surface area contributed by atoms with Gasteiger partial charge in [-0.05, 0) is 55.8 Å². The Hall–Kier alpha value is -3.32. The van der Waals surface area contributed by atoms with Crippen molar-refractivity contribution in [3.05, 3.63) is 87.3 Å². The molecule has 1 aromatic heterocycles. The Bertz CT molecular complexity index is 1230. The topological polar surface area (TPSA) is 80.0 Å². The number of para-hydroxylation sites is 2. The third-order valence-electron chi connectivity index (χ3n) is 5.25. The number of aliphatic hydroxyl groups is 1. The molecule has 1 fully saturated rings. The molecule has 1 atom stereocenters. The molecule has 2 aromatic carbocycles. The van der Waals surface area contributed by atoms with E-state index >= 15 is 0 Å². The fraction of sp³-hybridized carbons (Fsp3) is 0.167. The molecule has 1 saturated heterocycles. The van der Waals surface area contributed by atoms with Crippen LogP contribution in [0.5, 0.6) is 5.75 Å². The summed E-state index contributed by atoms with van der Waals surface area (Å²) in [6, 6.07) is 14.7. The highest BCUT2D eigenvalue weighted by Gasteiger charge is 2.49. The molecule has 0 aliphatic carbocycles. The fourth-order valence-corrected chi connectivity index (χ4v) is 3.97. The molecule has 0 radical (unpaired) electrons. The van der Waals surface area contributed by atoms with Crippen LogP contribution >= 0.6 is 15.9 Å². The van der Waals surface area contributed by atoms with E-state index in [2.05, 4.69) is 15.9 Å². The lowest BCUT2D eigenvalue weighted by Crippen LogP contribution is -2.29. The predicted octanol–water partition coefficient (Wildman–Crippen LogP) is 5.29. The number of benzene rings is 2. The van der Waals surface area contributed by atoms with Gasteiger partial charge >= 0.3 is 0 Å². The largest absolute Gasteiger partial charge is 0.507 e. The number of carbonyl (C=O) groups is 2. The highest BCUT2D eigenvalue weighted by molar-refractivity contribution is 9.10. The highest BCUT2D eigenvalue weighted by atomic mass is 79.9. The lowest BCUT2D eigenvalue weighted by Gasteiger charge is -2.25. The fourth-order valence-electron chi connectivity index (χ4n) is 3.73. The third kappa shape index (κ3) is 3.55. The monoisotopic (exact) mass is 481 g/mol. The summed E-state index contributed by atoms with van der Waals surface area (Å²) in [6.45, 7) is 3.65. The summed E-state index contributed by atoms with van der Waals surface area (Å²) in [7, 11) is 1.49. The van der Waals surface area contributed by atoms with Crippen LogP contribution in [0.1, 0.15) is 28.7 Å². The Morgan fingerprint density at radius 1 is 1.10 bits per heavy atom. The molecule has 1 unspecified atom stereocenters. The Morgan fingerprint density at radius 3 is 2.48 bits per heavy atom. The van der Waals surface area contributed by atoms with E-state index in [0.717, 1.165) is 10.0 Å². The maximum absolute atomic E-state index is 13.2. The van der Waals surface area contributed by atoms with Gasteiger partial charge in [-0.3, -0.25) is 14.5 Å². The molecule has 0 spiro atoms. The van der Waals surface area contributed by atoms with Gasteiger partial charge in [0.2, 0.25) is 0 Å². The van der Waals surface area contributed by atoms with Crippen LogP contribution in [0, 0.1) is 13.8 Å². The van der Waals surface area contributed by atoms with Crippen molar-refractivity contribution in [1.82, 2.24) is 0 Å². The number of halogens is 1. The number of amides is 1. The number of Topliss-reactive ketones (excluding diaryl/α,β-unsaturated/α-hetero) is 1. The molecular formula is C24H20BrNO5. The van der Waals surface area contributed by atoms with Gasteiger partial charge in [0.25, 0.3) is 11.7 Å². The number of rotatable bonds is 4. The molecule has 1 amide bonds. The first-order chi connectivity index (χ1) is 14.8. The van der Waals surface area contributed by atoms with E-state index in [4.69, 9.17) is 9.15 Å². The van der Waals surface area contributed by atoms with Crippen LogP contribution in [0.15, 0.2) is 69.1 Å². The summed E-state index contributed by atoms with van der Waals surface area (Å²) in [4.78, 5) is 27.6. The van der Waals surface area contributed by atoms with Crippen molar-refractivity contribution >= 4 is 39.1 Å². The van der Waals surface area contributed by atoms with E-state index in [9.17, 15) is 14.7 Å². The Balaban J connectivity index is 1.97. The van der Waals surface area contributed by atoms with E-state index in [1.807, 2.05) is 6.92 Å². The summed E-state index contributed by atoms with van der Waals surface area (Å²) in [5.41, 5.74) is 1.70. The summed E-state index contributed by atoms with van der Waals surface area (Å²) in [5, 5.41) is 11.1. The first kappa shape index (κ1) is 20.9. The van der Waals surface area contributed by atoms with Gasteiger partial charge in [-0.25, -0.2) is 0 Å². The number of carbonyl (C=O) groups excluding carboxylic acids is 2. The quantitative estimate of drug-likeness (QED) is 0.311. The molecule has 4 rings (SSSR count). The van der Waals surface area contributed by atoms with Crippen LogP contribution in [0.2, 0.25) is 0 Å². The van der Waals surface area contributed by atoms with Crippen molar-refractivity contribution < 1.29 is 23.8 Å². The zero-order valence-corrected chi connectivity index (χ0v) is 18.8. The van der Waals surface area contributed by atoms with Crippen molar-refractivity contribution in [3.8, 4) is 5.75 Å². The second kappa shape index (κ2) is 8.07. The van der Waals surface area contributed by atoms with E-state index in [1.165, 1.54) is 12.0 Å². The molecular weight excluding hydrogens is 462 g/mol. The van der Waals surface area contributed by atoms with Crippen molar-refractivity contribution in [2.24, 2.45) is 0 Å². The molecule has 31 heavy (non-hydrogen) atoms. The number of hydrogen-bond acceptors (Lipinski definition) is 5. The van der Waals surface area contributed by atoms with E-state index in [1.54, 1.807) is 61.5 Å². The van der Waals surface area contributed by atoms with Gasteiger partial charge in [0, 0.05) is 10.0 Å². The number of hydrogen-bond donors (Lipinski definition) is 1. The van der Waals surface area contributed by atoms with Crippen LogP contribution in [0.4, 0.5) is 5.69 Å². The summed E-state index contributed by atoms with van der Waals surface area (Å²) in [5.74, 6) is -0.386.